The molecule has 2 heteroatoms. The van der Waals surface area contributed by atoms with E-state index >= 15 is 0 Å². The van der Waals surface area contributed by atoms with Gasteiger partial charge in [0.2, 0.25) is 0 Å². The molecule has 25 heavy (non-hydrogen) atoms. The summed E-state index contributed by atoms with van der Waals surface area (Å²) in [5.74, 6) is 0. The Labute approximate surface area is 150 Å². The summed E-state index contributed by atoms with van der Waals surface area (Å²) < 4.78 is 2.43. The molecule has 1 aromatic heterocycles. The van der Waals surface area contributed by atoms with Gasteiger partial charge in [-0.3, -0.25) is 4.90 Å². The fourth-order valence-electron chi connectivity index (χ4n) is 3.96. The van der Waals surface area contributed by atoms with Crippen molar-refractivity contribution in [1.82, 2.24) is 9.47 Å². The van der Waals surface area contributed by atoms with Gasteiger partial charge < -0.3 is 4.57 Å². The van der Waals surface area contributed by atoms with E-state index in [9.17, 15) is 0 Å². The van der Waals surface area contributed by atoms with Crippen LogP contribution in [0.4, 0.5) is 0 Å². The molecule has 2 aromatic carbocycles. The van der Waals surface area contributed by atoms with Crippen LogP contribution in [0.3, 0.4) is 0 Å². The first kappa shape index (κ1) is 16.2. The molecule has 0 radical (unpaired) electrons. The minimum absolute atomic E-state index is 0.318. The van der Waals surface area contributed by atoms with Gasteiger partial charge >= 0.3 is 0 Å². The third-order valence-corrected chi connectivity index (χ3v) is 5.22. The monoisotopic (exact) mass is 330 g/mol. The highest BCUT2D eigenvalue weighted by molar-refractivity contribution is 5.33. The molecule has 0 saturated heterocycles. The maximum Gasteiger partial charge on any atom is 0.0759 e. The molecule has 2 heterocycles. The van der Waals surface area contributed by atoms with Crippen LogP contribution in [0.15, 0.2) is 66.9 Å². The Morgan fingerprint density at radius 1 is 0.880 bits per heavy atom. The molecule has 0 saturated carbocycles. The maximum atomic E-state index is 2.64. The van der Waals surface area contributed by atoms with Gasteiger partial charge in [0.05, 0.1) is 6.04 Å². The Bertz CT molecular complexity index is 845. The number of aryl methyl sites for hydroxylation is 3. The average molecular weight is 330 g/mol. The minimum atomic E-state index is 0.318. The molecule has 0 fully saturated rings. The number of benzene rings is 2. The maximum absolute atomic E-state index is 2.64. The third kappa shape index (κ3) is 3.40. The number of rotatable bonds is 3. The summed E-state index contributed by atoms with van der Waals surface area (Å²) in [6, 6.07) is 22.8. The number of hydrogen-bond acceptors (Lipinski definition) is 1. The second-order valence-corrected chi connectivity index (χ2v) is 7.25. The highest BCUT2D eigenvalue weighted by Gasteiger charge is 2.27. The second kappa shape index (κ2) is 6.89. The SMILES string of the molecule is Cc1ccc(CN2CCCn3cccc3[C@@H]2c2cccc(C)c2)cc1. The zero-order valence-electron chi connectivity index (χ0n) is 15.2. The van der Waals surface area contributed by atoms with Crippen molar-refractivity contribution in [3.05, 3.63) is 94.8 Å². The molecule has 128 valence electrons. The summed E-state index contributed by atoms with van der Waals surface area (Å²) >= 11 is 0. The molecule has 0 amide bonds. The molecule has 1 atom stereocenters. The Hall–Kier alpha value is -2.32. The van der Waals surface area contributed by atoms with Crippen molar-refractivity contribution in [2.75, 3.05) is 6.54 Å². The first-order valence-electron chi connectivity index (χ1n) is 9.22. The van der Waals surface area contributed by atoms with E-state index in [1.165, 1.54) is 34.4 Å². The normalized spacial score (nSPS) is 17.9. The van der Waals surface area contributed by atoms with E-state index in [1.807, 2.05) is 0 Å². The molecule has 0 unspecified atom stereocenters. The van der Waals surface area contributed by atoms with Crippen molar-refractivity contribution in [2.24, 2.45) is 0 Å². The van der Waals surface area contributed by atoms with Crippen LogP contribution in [0, 0.1) is 13.8 Å². The standard InChI is InChI=1S/C23H26N2/c1-18-9-11-20(12-10-18)17-25-15-5-14-24-13-4-8-22(24)23(25)21-7-3-6-19(2)16-21/h3-4,6-13,16,23H,5,14-15,17H2,1-2H3/t23-/m0/s1. The smallest absolute Gasteiger partial charge is 0.0759 e. The van der Waals surface area contributed by atoms with Gasteiger partial charge in [-0.1, -0.05) is 59.7 Å². The fraction of sp³-hybridized carbons (Fsp3) is 0.304. The Morgan fingerprint density at radius 2 is 1.72 bits per heavy atom. The summed E-state index contributed by atoms with van der Waals surface area (Å²) in [5.41, 5.74) is 6.85. The predicted octanol–water partition coefficient (Wildman–Crippen LogP) is 5.10. The molecular weight excluding hydrogens is 304 g/mol. The van der Waals surface area contributed by atoms with Crippen LogP contribution in [0.1, 0.15) is 40.4 Å². The van der Waals surface area contributed by atoms with Crippen LogP contribution in [0.25, 0.3) is 0 Å². The van der Waals surface area contributed by atoms with Gasteiger partial charge in [0.25, 0.3) is 0 Å². The highest BCUT2D eigenvalue weighted by atomic mass is 15.2. The second-order valence-electron chi connectivity index (χ2n) is 7.25. The lowest BCUT2D eigenvalue weighted by atomic mass is 9.99. The highest BCUT2D eigenvalue weighted by Crippen LogP contribution is 2.33. The quantitative estimate of drug-likeness (QED) is 0.648. The molecular formula is C23H26N2. The molecule has 0 bridgehead atoms. The molecule has 0 N–H and O–H groups in total. The van der Waals surface area contributed by atoms with Crippen molar-refractivity contribution >= 4 is 0 Å². The summed E-state index contributed by atoms with van der Waals surface area (Å²) in [5, 5.41) is 0. The van der Waals surface area contributed by atoms with E-state index < -0.39 is 0 Å². The van der Waals surface area contributed by atoms with Crippen LogP contribution in [0.5, 0.6) is 0 Å². The van der Waals surface area contributed by atoms with Crippen LogP contribution in [-0.4, -0.2) is 16.0 Å². The molecule has 0 aliphatic carbocycles. The summed E-state index contributed by atoms with van der Waals surface area (Å²) in [4.78, 5) is 2.64. The van der Waals surface area contributed by atoms with Gasteiger partial charge in [0.1, 0.15) is 0 Å². The molecule has 2 nitrogen and oxygen atoms in total. The van der Waals surface area contributed by atoms with Crippen molar-refractivity contribution in [3.8, 4) is 0 Å². The lowest BCUT2D eigenvalue weighted by Crippen LogP contribution is -2.29. The van der Waals surface area contributed by atoms with E-state index in [0.717, 1.165) is 19.6 Å². The number of hydrogen-bond donors (Lipinski definition) is 0. The Kier molecular flexibility index (Phi) is 4.46. The van der Waals surface area contributed by atoms with Crippen molar-refractivity contribution in [3.63, 3.8) is 0 Å². The summed E-state index contributed by atoms with van der Waals surface area (Å²) in [7, 11) is 0. The van der Waals surface area contributed by atoms with E-state index in [-0.39, 0.29) is 0 Å². The fourth-order valence-corrected chi connectivity index (χ4v) is 3.96. The van der Waals surface area contributed by atoms with E-state index in [0.29, 0.717) is 6.04 Å². The topological polar surface area (TPSA) is 8.17 Å². The molecule has 1 aliphatic heterocycles. The van der Waals surface area contributed by atoms with Crippen LogP contribution in [0.2, 0.25) is 0 Å². The van der Waals surface area contributed by atoms with E-state index in [2.05, 4.69) is 90.2 Å². The Morgan fingerprint density at radius 3 is 2.52 bits per heavy atom. The Balaban J connectivity index is 1.74. The molecule has 1 aliphatic rings. The van der Waals surface area contributed by atoms with Crippen LogP contribution < -0.4 is 0 Å². The van der Waals surface area contributed by atoms with Gasteiger partial charge in [0.15, 0.2) is 0 Å². The number of nitrogens with zero attached hydrogens (tertiary/aromatic N) is 2. The summed E-state index contributed by atoms with van der Waals surface area (Å²) in [6.45, 7) is 7.55. The van der Waals surface area contributed by atoms with Gasteiger partial charge in [-0.15, -0.1) is 0 Å². The lowest BCUT2D eigenvalue weighted by molar-refractivity contribution is 0.220. The van der Waals surface area contributed by atoms with Crippen molar-refractivity contribution < 1.29 is 0 Å². The minimum Gasteiger partial charge on any atom is -0.350 e. The lowest BCUT2D eigenvalue weighted by Gasteiger charge is -2.31. The van der Waals surface area contributed by atoms with Gasteiger partial charge in [-0.25, -0.2) is 0 Å². The number of aromatic nitrogens is 1. The molecule has 3 aromatic rings. The van der Waals surface area contributed by atoms with Gasteiger partial charge in [0, 0.05) is 31.5 Å². The number of fused-ring (bicyclic) bond motifs is 1. The largest absolute Gasteiger partial charge is 0.350 e. The third-order valence-electron chi connectivity index (χ3n) is 5.22. The average Bonchev–Trinajstić information content (AvgIpc) is 2.98. The first-order chi connectivity index (χ1) is 12.2. The van der Waals surface area contributed by atoms with Gasteiger partial charge in [-0.05, 0) is 43.5 Å². The first-order valence-corrected chi connectivity index (χ1v) is 9.22. The van der Waals surface area contributed by atoms with Crippen molar-refractivity contribution in [1.29, 1.82) is 0 Å². The zero-order chi connectivity index (χ0) is 17.2. The van der Waals surface area contributed by atoms with E-state index in [1.54, 1.807) is 0 Å². The van der Waals surface area contributed by atoms with Crippen molar-refractivity contribution in [2.45, 2.75) is 39.4 Å². The van der Waals surface area contributed by atoms with Gasteiger partial charge in [-0.2, -0.15) is 0 Å². The molecule has 0 spiro atoms. The predicted molar refractivity (Wildman–Crippen MR) is 104 cm³/mol. The zero-order valence-corrected chi connectivity index (χ0v) is 15.2. The molecule has 4 rings (SSSR count). The summed E-state index contributed by atoms with van der Waals surface area (Å²) in [6.07, 6.45) is 3.42. The van der Waals surface area contributed by atoms with Crippen LogP contribution in [-0.2, 0) is 13.1 Å². The van der Waals surface area contributed by atoms with E-state index in [4.69, 9.17) is 0 Å². The van der Waals surface area contributed by atoms with Crippen LogP contribution >= 0.6 is 0 Å².